The highest BCUT2D eigenvalue weighted by Crippen LogP contribution is 2.16. The van der Waals surface area contributed by atoms with Gasteiger partial charge in [-0.1, -0.05) is 48.5 Å². The van der Waals surface area contributed by atoms with Crippen LogP contribution in [0.5, 0.6) is 0 Å². The Kier molecular flexibility index (Phi) is 6.66. The molecule has 3 rings (SSSR count). The second kappa shape index (κ2) is 9.19. The van der Waals surface area contributed by atoms with Gasteiger partial charge in [0.25, 0.3) is 5.91 Å². The molecule has 0 unspecified atom stereocenters. The number of rotatable bonds is 6. The number of amides is 1. The van der Waals surface area contributed by atoms with Gasteiger partial charge in [-0.25, -0.2) is 13.2 Å². The Hall–Kier alpha value is -2.71. The van der Waals surface area contributed by atoms with Crippen LogP contribution in [0.1, 0.15) is 21.5 Å². The van der Waals surface area contributed by atoms with Crippen molar-refractivity contribution in [3.63, 3.8) is 0 Å². The molecule has 1 amide bonds. The van der Waals surface area contributed by atoms with Gasteiger partial charge < -0.3 is 9.64 Å². The monoisotopic (exact) mass is 416 g/mol. The summed E-state index contributed by atoms with van der Waals surface area (Å²) in [6.45, 7) is 0.705. The third-order valence-corrected chi connectivity index (χ3v) is 6.16. The lowest BCUT2D eigenvalue weighted by atomic mass is 10.00. The Bertz CT molecular complexity index is 968. The van der Waals surface area contributed by atoms with E-state index in [-0.39, 0.29) is 38.7 Å². The molecule has 2 aromatic rings. The fraction of sp³-hybridized carbons (Fsp3) is 0.333. The Labute approximate surface area is 170 Å². The molecule has 1 saturated heterocycles. The predicted molar refractivity (Wildman–Crippen MR) is 109 cm³/mol. The third kappa shape index (κ3) is 5.65. The molecule has 154 valence electrons. The Morgan fingerprint density at radius 1 is 0.931 bits per heavy atom. The molecular weight excluding hydrogens is 392 g/mol. The van der Waals surface area contributed by atoms with Crippen molar-refractivity contribution in [2.45, 2.75) is 6.42 Å². The molecule has 2 aromatic carbocycles. The lowest BCUT2D eigenvalue weighted by molar-refractivity contribution is -0.135. The van der Waals surface area contributed by atoms with E-state index in [9.17, 15) is 18.0 Å². The van der Waals surface area contributed by atoms with Gasteiger partial charge in [-0.05, 0) is 23.6 Å². The molecule has 0 atom stereocenters. The molecule has 0 spiro atoms. The van der Waals surface area contributed by atoms with Gasteiger partial charge >= 0.3 is 5.97 Å². The van der Waals surface area contributed by atoms with Gasteiger partial charge in [0.1, 0.15) is 0 Å². The molecule has 1 aliphatic rings. The smallest absolute Gasteiger partial charge is 0.338 e. The number of sulfonamides is 1. The molecule has 29 heavy (non-hydrogen) atoms. The summed E-state index contributed by atoms with van der Waals surface area (Å²) in [5.74, 6) is -0.869. The first-order valence-electron chi connectivity index (χ1n) is 9.36. The molecule has 0 radical (unpaired) electrons. The van der Waals surface area contributed by atoms with Crippen LogP contribution >= 0.6 is 0 Å². The lowest BCUT2D eigenvalue weighted by Gasteiger charge is -2.33. The molecule has 0 bridgehead atoms. The minimum Gasteiger partial charge on any atom is -0.452 e. The van der Waals surface area contributed by atoms with Gasteiger partial charge in [0.2, 0.25) is 10.0 Å². The number of benzene rings is 2. The average molecular weight is 416 g/mol. The van der Waals surface area contributed by atoms with E-state index in [1.54, 1.807) is 12.1 Å². The van der Waals surface area contributed by atoms with Crippen molar-refractivity contribution in [1.82, 2.24) is 9.21 Å². The van der Waals surface area contributed by atoms with E-state index in [2.05, 4.69) is 0 Å². The molecule has 0 saturated carbocycles. The normalized spacial score (nSPS) is 15.1. The van der Waals surface area contributed by atoms with Gasteiger partial charge in [0.15, 0.2) is 6.61 Å². The zero-order valence-electron chi connectivity index (χ0n) is 16.3. The molecule has 0 aliphatic carbocycles. The maximum absolute atomic E-state index is 12.5. The highest BCUT2D eigenvalue weighted by Gasteiger charge is 2.26. The van der Waals surface area contributed by atoms with Crippen molar-refractivity contribution in [2.75, 3.05) is 39.0 Å². The van der Waals surface area contributed by atoms with Crippen LogP contribution in [0.3, 0.4) is 0 Å². The highest BCUT2D eigenvalue weighted by atomic mass is 32.2. The molecule has 1 aliphatic heterocycles. The van der Waals surface area contributed by atoms with Crippen LogP contribution < -0.4 is 0 Å². The Morgan fingerprint density at radius 2 is 1.55 bits per heavy atom. The molecule has 0 N–H and O–H groups in total. The van der Waals surface area contributed by atoms with Gasteiger partial charge in [-0.3, -0.25) is 4.79 Å². The second-order valence-electron chi connectivity index (χ2n) is 6.94. The number of piperazine rings is 1. The first-order chi connectivity index (χ1) is 13.8. The number of carbonyl (C=O) groups excluding carboxylic acids is 2. The third-order valence-electron chi connectivity index (χ3n) is 4.86. The van der Waals surface area contributed by atoms with Crippen LogP contribution in [-0.4, -0.2) is 68.5 Å². The van der Waals surface area contributed by atoms with E-state index in [1.807, 2.05) is 42.5 Å². The van der Waals surface area contributed by atoms with E-state index in [1.165, 1.54) is 9.21 Å². The summed E-state index contributed by atoms with van der Waals surface area (Å²) in [4.78, 5) is 26.4. The topological polar surface area (TPSA) is 84.0 Å². The summed E-state index contributed by atoms with van der Waals surface area (Å²) in [6, 6.07) is 17.0. The van der Waals surface area contributed by atoms with E-state index in [4.69, 9.17) is 4.74 Å². The number of hydrogen-bond acceptors (Lipinski definition) is 5. The summed E-state index contributed by atoms with van der Waals surface area (Å²) in [5, 5.41) is 0. The zero-order valence-corrected chi connectivity index (χ0v) is 17.1. The molecule has 0 aromatic heterocycles. The fourth-order valence-electron chi connectivity index (χ4n) is 3.25. The van der Waals surface area contributed by atoms with Gasteiger partial charge in [0.05, 0.1) is 11.8 Å². The molecule has 1 fully saturated rings. The van der Waals surface area contributed by atoms with Crippen LogP contribution in [-0.2, 0) is 26.0 Å². The SMILES string of the molecule is CS(=O)(=O)N1CCN(C(=O)COC(=O)c2ccccc2Cc2ccccc2)CC1. The summed E-state index contributed by atoms with van der Waals surface area (Å²) in [7, 11) is -3.26. The molecule has 8 heteroatoms. The van der Waals surface area contributed by atoms with E-state index in [0.29, 0.717) is 12.0 Å². The van der Waals surface area contributed by atoms with E-state index < -0.39 is 16.0 Å². The summed E-state index contributed by atoms with van der Waals surface area (Å²) < 4.78 is 29.7. The number of esters is 1. The number of hydrogen-bond donors (Lipinski definition) is 0. The molecule has 1 heterocycles. The summed E-state index contributed by atoms with van der Waals surface area (Å²) >= 11 is 0. The first kappa shape index (κ1) is 21.0. The van der Waals surface area contributed by atoms with Crippen molar-refractivity contribution >= 4 is 21.9 Å². The maximum Gasteiger partial charge on any atom is 0.338 e. The van der Waals surface area contributed by atoms with E-state index in [0.717, 1.165) is 17.4 Å². The quantitative estimate of drug-likeness (QED) is 0.667. The lowest BCUT2D eigenvalue weighted by Crippen LogP contribution is -2.51. The van der Waals surface area contributed by atoms with Crippen LogP contribution in [0.2, 0.25) is 0 Å². The van der Waals surface area contributed by atoms with Crippen molar-refractivity contribution in [3.05, 3.63) is 71.3 Å². The summed E-state index contributed by atoms with van der Waals surface area (Å²) in [6.07, 6.45) is 1.74. The standard InChI is InChI=1S/C21H24N2O5S/c1-29(26,27)23-13-11-22(12-14-23)20(24)16-28-21(25)19-10-6-5-9-18(19)15-17-7-3-2-4-8-17/h2-10H,11-16H2,1H3. The molecular formula is C21H24N2O5S. The van der Waals surface area contributed by atoms with Crippen molar-refractivity contribution in [2.24, 2.45) is 0 Å². The second-order valence-corrected chi connectivity index (χ2v) is 8.92. The minimum absolute atomic E-state index is 0.248. The van der Waals surface area contributed by atoms with Gasteiger partial charge in [0, 0.05) is 26.2 Å². The number of nitrogens with zero attached hydrogens (tertiary/aromatic N) is 2. The van der Waals surface area contributed by atoms with Gasteiger partial charge in [-0.15, -0.1) is 0 Å². The minimum atomic E-state index is -3.26. The zero-order chi connectivity index (χ0) is 20.9. The first-order valence-corrected chi connectivity index (χ1v) is 11.2. The van der Waals surface area contributed by atoms with Crippen LogP contribution in [0.15, 0.2) is 54.6 Å². The van der Waals surface area contributed by atoms with Crippen LogP contribution in [0.25, 0.3) is 0 Å². The number of ether oxygens (including phenoxy) is 1. The van der Waals surface area contributed by atoms with Crippen LogP contribution in [0.4, 0.5) is 0 Å². The maximum atomic E-state index is 12.5. The van der Waals surface area contributed by atoms with Gasteiger partial charge in [-0.2, -0.15) is 4.31 Å². The Balaban J connectivity index is 1.57. The van der Waals surface area contributed by atoms with Crippen molar-refractivity contribution in [1.29, 1.82) is 0 Å². The Morgan fingerprint density at radius 3 is 2.21 bits per heavy atom. The number of carbonyl (C=O) groups is 2. The van der Waals surface area contributed by atoms with E-state index >= 15 is 0 Å². The summed E-state index contributed by atoms with van der Waals surface area (Å²) in [5.41, 5.74) is 2.34. The fourth-order valence-corrected chi connectivity index (χ4v) is 4.08. The largest absolute Gasteiger partial charge is 0.452 e. The molecule has 7 nitrogen and oxygen atoms in total. The van der Waals surface area contributed by atoms with Crippen molar-refractivity contribution < 1.29 is 22.7 Å². The average Bonchev–Trinajstić information content (AvgIpc) is 2.72. The van der Waals surface area contributed by atoms with Crippen LogP contribution in [0, 0.1) is 0 Å². The predicted octanol–water partition coefficient (Wildman–Crippen LogP) is 1.54. The van der Waals surface area contributed by atoms with Crippen molar-refractivity contribution in [3.8, 4) is 0 Å². The highest BCUT2D eigenvalue weighted by molar-refractivity contribution is 7.88.